The second kappa shape index (κ2) is 15.6. The number of hydrogen-bond acceptors (Lipinski definition) is 6. The predicted molar refractivity (Wildman–Crippen MR) is 111 cm³/mol. The molecular formula is C21H34O5S. The van der Waals surface area contributed by atoms with Crippen molar-refractivity contribution in [3.05, 3.63) is 23.8 Å². The Morgan fingerprint density at radius 1 is 0.963 bits per heavy atom. The van der Waals surface area contributed by atoms with Gasteiger partial charge in [-0.25, -0.2) is 0 Å². The summed E-state index contributed by atoms with van der Waals surface area (Å²) >= 11 is 1.66. The molecule has 1 aromatic carbocycles. The number of carbonyl (C=O) groups is 1. The van der Waals surface area contributed by atoms with Crippen LogP contribution in [0.25, 0.3) is 0 Å². The van der Waals surface area contributed by atoms with Gasteiger partial charge in [0.05, 0.1) is 33.2 Å². The molecule has 0 bridgehead atoms. The first kappa shape index (κ1) is 23.6. The standard InChI is InChI=1S/C21H34O5S/c1-24-20-15-18(16-22)11-12-19(20)26-13-9-7-5-3-4-6-8-10-14-27-17-21(23)25-2/h11-12,15,22H,3-10,13-14,16-17H2,1-2H3. The van der Waals surface area contributed by atoms with Gasteiger partial charge in [-0.15, -0.1) is 0 Å². The molecule has 0 saturated heterocycles. The number of hydrogen-bond donors (Lipinski definition) is 1. The monoisotopic (exact) mass is 398 g/mol. The fraction of sp³-hybridized carbons (Fsp3) is 0.667. The summed E-state index contributed by atoms with van der Waals surface area (Å²) in [6.07, 6.45) is 9.67. The van der Waals surface area contributed by atoms with Gasteiger partial charge in [-0.05, 0) is 36.3 Å². The highest BCUT2D eigenvalue weighted by Gasteiger charge is 2.05. The van der Waals surface area contributed by atoms with E-state index in [1.165, 1.54) is 52.1 Å². The predicted octanol–water partition coefficient (Wildman–Crippen LogP) is 4.59. The molecule has 0 spiro atoms. The van der Waals surface area contributed by atoms with Crippen molar-refractivity contribution in [3.8, 4) is 11.5 Å². The molecule has 0 heterocycles. The van der Waals surface area contributed by atoms with Crippen molar-refractivity contribution in [2.45, 2.75) is 58.0 Å². The lowest BCUT2D eigenvalue weighted by Crippen LogP contribution is -2.03. The molecule has 0 unspecified atom stereocenters. The van der Waals surface area contributed by atoms with E-state index in [1.807, 2.05) is 18.2 Å². The van der Waals surface area contributed by atoms with Crippen LogP contribution in [0.5, 0.6) is 11.5 Å². The van der Waals surface area contributed by atoms with Crippen molar-refractivity contribution in [3.63, 3.8) is 0 Å². The van der Waals surface area contributed by atoms with E-state index in [2.05, 4.69) is 4.74 Å². The number of benzene rings is 1. The van der Waals surface area contributed by atoms with E-state index in [9.17, 15) is 4.79 Å². The molecule has 0 aliphatic carbocycles. The molecule has 0 fully saturated rings. The molecule has 0 aliphatic rings. The molecule has 0 aliphatic heterocycles. The molecule has 6 heteroatoms. The van der Waals surface area contributed by atoms with Gasteiger partial charge in [0, 0.05) is 0 Å². The van der Waals surface area contributed by atoms with E-state index in [0.717, 1.165) is 23.5 Å². The lowest BCUT2D eigenvalue weighted by Gasteiger charge is -2.11. The molecule has 154 valence electrons. The maximum atomic E-state index is 11.0. The Hall–Kier alpha value is -1.40. The summed E-state index contributed by atoms with van der Waals surface area (Å²) in [6, 6.07) is 5.52. The SMILES string of the molecule is COC(=O)CSCCCCCCCCCCOc1ccc(CO)cc1OC. The van der Waals surface area contributed by atoms with Crippen LogP contribution in [0.3, 0.4) is 0 Å². The van der Waals surface area contributed by atoms with Gasteiger partial charge in [0.2, 0.25) is 0 Å². The number of methoxy groups -OCH3 is 2. The Labute approximate surface area is 167 Å². The smallest absolute Gasteiger partial charge is 0.315 e. The van der Waals surface area contributed by atoms with Crippen LogP contribution in [-0.4, -0.2) is 43.4 Å². The van der Waals surface area contributed by atoms with Gasteiger partial charge < -0.3 is 19.3 Å². The summed E-state index contributed by atoms with van der Waals surface area (Å²) in [4.78, 5) is 11.0. The quantitative estimate of drug-likeness (QED) is 0.324. The van der Waals surface area contributed by atoms with Gasteiger partial charge in [-0.1, -0.05) is 44.6 Å². The summed E-state index contributed by atoms with van der Waals surface area (Å²) < 4.78 is 15.7. The largest absolute Gasteiger partial charge is 0.493 e. The average Bonchev–Trinajstić information content (AvgIpc) is 2.71. The normalized spacial score (nSPS) is 10.6. The van der Waals surface area contributed by atoms with Gasteiger partial charge >= 0.3 is 5.97 Å². The first-order chi connectivity index (χ1) is 13.2. The molecule has 0 aromatic heterocycles. The molecule has 0 radical (unpaired) electrons. The zero-order chi connectivity index (χ0) is 19.7. The molecule has 0 atom stereocenters. The molecule has 1 rings (SSSR count). The summed E-state index contributed by atoms with van der Waals surface area (Å²) in [5.74, 6) is 2.78. The second-order valence-corrected chi connectivity index (χ2v) is 7.55. The van der Waals surface area contributed by atoms with Crippen molar-refractivity contribution >= 4 is 17.7 Å². The van der Waals surface area contributed by atoms with Gasteiger partial charge in [-0.3, -0.25) is 4.79 Å². The topological polar surface area (TPSA) is 65.0 Å². The third-order valence-corrected chi connectivity index (χ3v) is 5.32. The van der Waals surface area contributed by atoms with Gasteiger partial charge in [0.1, 0.15) is 0 Å². The Morgan fingerprint density at radius 2 is 1.63 bits per heavy atom. The number of carbonyl (C=O) groups excluding carboxylic acids is 1. The van der Waals surface area contributed by atoms with Crippen LogP contribution < -0.4 is 9.47 Å². The van der Waals surface area contributed by atoms with E-state index >= 15 is 0 Å². The van der Waals surface area contributed by atoms with Gasteiger partial charge in [0.15, 0.2) is 11.5 Å². The van der Waals surface area contributed by atoms with E-state index in [4.69, 9.17) is 14.6 Å². The van der Waals surface area contributed by atoms with Crippen LogP contribution in [0, 0.1) is 0 Å². The Bertz CT molecular complexity index is 521. The Kier molecular flexibility index (Phi) is 13.7. The number of ether oxygens (including phenoxy) is 3. The number of aliphatic hydroxyl groups excluding tert-OH is 1. The van der Waals surface area contributed by atoms with Crippen LogP contribution in [0.2, 0.25) is 0 Å². The lowest BCUT2D eigenvalue weighted by atomic mass is 10.1. The van der Waals surface area contributed by atoms with Crippen molar-refractivity contribution in [2.24, 2.45) is 0 Å². The molecule has 1 N–H and O–H groups in total. The minimum atomic E-state index is -0.135. The Balaban J connectivity index is 1.94. The van der Waals surface area contributed by atoms with Crippen LogP contribution in [0.1, 0.15) is 56.9 Å². The summed E-state index contributed by atoms with van der Waals surface area (Å²) in [5.41, 5.74) is 0.821. The first-order valence-electron chi connectivity index (χ1n) is 9.76. The van der Waals surface area contributed by atoms with Crippen molar-refractivity contribution in [2.75, 3.05) is 32.3 Å². The summed E-state index contributed by atoms with van der Waals surface area (Å²) in [6.45, 7) is 0.690. The molecule has 1 aromatic rings. The van der Waals surface area contributed by atoms with E-state index in [0.29, 0.717) is 18.1 Å². The van der Waals surface area contributed by atoms with Crippen LogP contribution in [0.4, 0.5) is 0 Å². The van der Waals surface area contributed by atoms with E-state index < -0.39 is 0 Å². The molecule has 0 saturated carbocycles. The third kappa shape index (κ3) is 11.1. The highest BCUT2D eigenvalue weighted by atomic mass is 32.2. The van der Waals surface area contributed by atoms with Crippen LogP contribution in [-0.2, 0) is 16.1 Å². The maximum Gasteiger partial charge on any atom is 0.315 e. The zero-order valence-corrected chi connectivity index (χ0v) is 17.5. The number of rotatable bonds is 16. The Morgan fingerprint density at radius 3 is 2.26 bits per heavy atom. The van der Waals surface area contributed by atoms with Crippen LogP contribution in [0.15, 0.2) is 18.2 Å². The molecular weight excluding hydrogens is 364 g/mol. The zero-order valence-electron chi connectivity index (χ0n) is 16.7. The number of esters is 1. The van der Waals surface area contributed by atoms with E-state index in [-0.39, 0.29) is 12.6 Å². The molecule has 5 nitrogen and oxygen atoms in total. The summed E-state index contributed by atoms with van der Waals surface area (Å²) in [7, 11) is 3.04. The fourth-order valence-electron chi connectivity index (χ4n) is 2.69. The lowest BCUT2D eigenvalue weighted by molar-refractivity contribution is -0.137. The maximum absolute atomic E-state index is 11.0. The minimum absolute atomic E-state index is 0.00295. The van der Waals surface area contributed by atoms with Crippen molar-refractivity contribution in [1.82, 2.24) is 0 Å². The first-order valence-corrected chi connectivity index (χ1v) is 10.9. The number of thioether (sulfide) groups is 1. The van der Waals surface area contributed by atoms with Crippen molar-refractivity contribution in [1.29, 1.82) is 0 Å². The number of unbranched alkanes of at least 4 members (excludes halogenated alkanes) is 7. The van der Waals surface area contributed by atoms with Gasteiger partial charge in [-0.2, -0.15) is 11.8 Å². The third-order valence-electron chi connectivity index (χ3n) is 4.30. The summed E-state index contributed by atoms with van der Waals surface area (Å²) in [5, 5.41) is 9.15. The highest BCUT2D eigenvalue weighted by Crippen LogP contribution is 2.28. The van der Waals surface area contributed by atoms with Crippen LogP contribution >= 0.6 is 11.8 Å². The minimum Gasteiger partial charge on any atom is -0.493 e. The highest BCUT2D eigenvalue weighted by molar-refractivity contribution is 7.99. The van der Waals surface area contributed by atoms with E-state index in [1.54, 1.807) is 18.9 Å². The average molecular weight is 399 g/mol. The molecule has 27 heavy (non-hydrogen) atoms. The molecule has 0 amide bonds. The van der Waals surface area contributed by atoms with Gasteiger partial charge in [0.25, 0.3) is 0 Å². The fourth-order valence-corrected chi connectivity index (χ4v) is 3.53. The second-order valence-electron chi connectivity index (χ2n) is 6.45. The van der Waals surface area contributed by atoms with Crippen molar-refractivity contribution < 1.29 is 24.1 Å². The number of aliphatic hydroxyl groups is 1.